The van der Waals surface area contributed by atoms with Gasteiger partial charge in [0.25, 0.3) is 5.91 Å². The molecule has 0 bridgehead atoms. The van der Waals surface area contributed by atoms with Gasteiger partial charge in [0.05, 0.1) is 22.3 Å². The Bertz CT molecular complexity index is 1480. The Labute approximate surface area is 228 Å². The van der Waals surface area contributed by atoms with E-state index in [2.05, 4.69) is 4.98 Å². The number of aromatic hydroxyl groups is 1. The van der Waals surface area contributed by atoms with E-state index in [9.17, 15) is 14.7 Å². The number of carbonyl (C=O) groups is 2. The van der Waals surface area contributed by atoms with Crippen molar-refractivity contribution in [3.63, 3.8) is 0 Å². The number of benzene rings is 2. The van der Waals surface area contributed by atoms with Crippen molar-refractivity contribution >= 4 is 35.0 Å². The number of hydrogen-bond acceptors (Lipinski definition) is 5. The predicted octanol–water partition coefficient (Wildman–Crippen LogP) is 5.02. The van der Waals surface area contributed by atoms with Crippen molar-refractivity contribution in [3.8, 4) is 11.4 Å². The van der Waals surface area contributed by atoms with Gasteiger partial charge in [-0.3, -0.25) is 9.59 Å². The first-order valence-corrected chi connectivity index (χ1v) is 13.5. The number of phenols is 1. The molecule has 4 aromatic rings. The van der Waals surface area contributed by atoms with Crippen molar-refractivity contribution in [1.82, 2.24) is 24.6 Å². The Hall–Kier alpha value is -4.46. The van der Waals surface area contributed by atoms with Crippen molar-refractivity contribution in [2.45, 2.75) is 26.7 Å². The molecule has 200 valence electrons. The van der Waals surface area contributed by atoms with Crippen LogP contribution in [0, 0.1) is 5.92 Å². The van der Waals surface area contributed by atoms with Crippen molar-refractivity contribution in [2.24, 2.45) is 5.92 Å². The van der Waals surface area contributed by atoms with E-state index in [1.165, 1.54) is 0 Å². The first-order chi connectivity index (χ1) is 19.0. The molecule has 1 aliphatic heterocycles. The zero-order valence-corrected chi connectivity index (χ0v) is 22.3. The monoisotopic (exact) mass is 523 g/mol. The largest absolute Gasteiger partial charge is 0.508 e. The lowest BCUT2D eigenvalue weighted by Crippen LogP contribution is -2.51. The third-order valence-corrected chi connectivity index (χ3v) is 7.37. The summed E-state index contributed by atoms with van der Waals surface area (Å²) in [7, 11) is 0. The predicted molar refractivity (Wildman–Crippen MR) is 152 cm³/mol. The van der Waals surface area contributed by atoms with Gasteiger partial charge >= 0.3 is 0 Å². The van der Waals surface area contributed by atoms with Crippen LogP contribution in [0.1, 0.15) is 48.3 Å². The average molecular weight is 524 g/mol. The summed E-state index contributed by atoms with van der Waals surface area (Å²) in [5.41, 5.74) is 3.45. The molecule has 1 aliphatic rings. The van der Waals surface area contributed by atoms with Crippen LogP contribution in [0.4, 0.5) is 0 Å². The Morgan fingerprint density at radius 1 is 0.897 bits per heavy atom. The summed E-state index contributed by atoms with van der Waals surface area (Å²) in [6, 6.07) is 18.4. The molecule has 3 heterocycles. The molecule has 1 saturated heterocycles. The number of rotatable bonds is 7. The second-order valence-electron chi connectivity index (χ2n) is 9.75. The molecule has 0 aliphatic carbocycles. The van der Waals surface area contributed by atoms with Crippen molar-refractivity contribution in [3.05, 3.63) is 83.7 Å². The van der Waals surface area contributed by atoms with Gasteiger partial charge in [-0.05, 0) is 54.8 Å². The minimum absolute atomic E-state index is 0.0387. The summed E-state index contributed by atoms with van der Waals surface area (Å²) in [4.78, 5) is 35.0. The quantitative estimate of drug-likeness (QED) is 0.367. The summed E-state index contributed by atoms with van der Waals surface area (Å²) in [5, 5.41) is 15.3. The second-order valence-corrected chi connectivity index (χ2v) is 9.75. The van der Waals surface area contributed by atoms with Gasteiger partial charge in [0.15, 0.2) is 5.65 Å². The van der Waals surface area contributed by atoms with Crippen LogP contribution in [0.15, 0.2) is 66.9 Å². The molecule has 8 nitrogen and oxygen atoms in total. The first kappa shape index (κ1) is 26.2. The van der Waals surface area contributed by atoms with Gasteiger partial charge in [-0.25, -0.2) is 9.67 Å². The number of fused-ring (bicyclic) bond motifs is 1. The lowest BCUT2D eigenvalue weighted by Gasteiger charge is -2.36. The van der Waals surface area contributed by atoms with Crippen LogP contribution in [-0.4, -0.2) is 67.7 Å². The zero-order chi connectivity index (χ0) is 27.4. The van der Waals surface area contributed by atoms with Crippen LogP contribution in [0.5, 0.6) is 5.75 Å². The number of hydrogen-bond donors (Lipinski definition) is 1. The number of nitrogens with zero attached hydrogens (tertiary/aromatic N) is 5. The molecule has 0 atom stereocenters. The normalized spacial score (nSPS) is 14.0. The lowest BCUT2D eigenvalue weighted by atomic mass is 10.0. The van der Waals surface area contributed by atoms with E-state index in [-0.39, 0.29) is 23.5 Å². The Kier molecular flexibility index (Phi) is 7.72. The smallest absolute Gasteiger partial charge is 0.254 e. The standard InChI is InChI=1S/C31H33N5O3/c1-3-23(4-2)30(38)34-18-20-35(21-19-34)31(39)26-16-17-32-29-28(26)27(15-10-22-8-6-5-7-9-22)33-36(29)24-11-13-25(37)14-12-24/h5-17,23,37H,3-4,18-21H2,1-2H3/b15-10+. The number of pyridine rings is 1. The van der Waals surface area contributed by atoms with E-state index in [1.807, 2.05) is 66.1 Å². The minimum atomic E-state index is -0.100. The molecule has 0 saturated carbocycles. The first-order valence-electron chi connectivity index (χ1n) is 13.5. The highest BCUT2D eigenvalue weighted by Crippen LogP contribution is 2.28. The Morgan fingerprint density at radius 3 is 2.23 bits per heavy atom. The van der Waals surface area contributed by atoms with Crippen LogP contribution < -0.4 is 0 Å². The fraction of sp³-hybridized carbons (Fsp3) is 0.290. The number of piperazine rings is 1. The van der Waals surface area contributed by atoms with Gasteiger partial charge < -0.3 is 14.9 Å². The number of aromatic nitrogens is 3. The van der Waals surface area contributed by atoms with Crippen LogP contribution in [-0.2, 0) is 4.79 Å². The maximum Gasteiger partial charge on any atom is 0.254 e. The van der Waals surface area contributed by atoms with Crippen LogP contribution in [0.2, 0.25) is 0 Å². The number of amides is 2. The zero-order valence-electron chi connectivity index (χ0n) is 22.3. The second kappa shape index (κ2) is 11.5. The van der Waals surface area contributed by atoms with Crippen LogP contribution in [0.25, 0.3) is 28.9 Å². The SMILES string of the molecule is CCC(CC)C(=O)N1CCN(C(=O)c2ccnc3c2c(/C=C/c2ccccc2)nn3-c2ccc(O)cc2)CC1. The number of phenolic OH excluding ortho intramolecular Hbond substituents is 1. The molecule has 0 unspecified atom stereocenters. The van der Waals surface area contributed by atoms with Gasteiger partial charge in [-0.2, -0.15) is 5.10 Å². The molecular formula is C31H33N5O3. The third kappa shape index (κ3) is 5.41. The number of carbonyl (C=O) groups excluding carboxylic acids is 2. The topological polar surface area (TPSA) is 91.6 Å². The molecular weight excluding hydrogens is 490 g/mol. The fourth-order valence-electron chi connectivity index (χ4n) is 5.07. The highest BCUT2D eigenvalue weighted by Gasteiger charge is 2.29. The van der Waals surface area contributed by atoms with E-state index in [0.29, 0.717) is 48.5 Å². The van der Waals surface area contributed by atoms with Gasteiger partial charge in [0, 0.05) is 38.3 Å². The van der Waals surface area contributed by atoms with E-state index < -0.39 is 0 Å². The molecule has 2 amide bonds. The molecule has 39 heavy (non-hydrogen) atoms. The highest BCUT2D eigenvalue weighted by molar-refractivity contribution is 6.08. The van der Waals surface area contributed by atoms with Crippen molar-refractivity contribution in [2.75, 3.05) is 26.2 Å². The fourth-order valence-corrected chi connectivity index (χ4v) is 5.07. The summed E-state index contributed by atoms with van der Waals surface area (Å²) in [5.74, 6) is 0.278. The molecule has 8 heteroatoms. The maximum atomic E-state index is 13.9. The minimum Gasteiger partial charge on any atom is -0.508 e. The summed E-state index contributed by atoms with van der Waals surface area (Å²) >= 11 is 0. The Morgan fingerprint density at radius 2 is 1.56 bits per heavy atom. The summed E-state index contributed by atoms with van der Waals surface area (Å²) in [6.45, 7) is 6.11. The molecule has 2 aromatic heterocycles. The van der Waals surface area contributed by atoms with Crippen LogP contribution in [0.3, 0.4) is 0 Å². The molecule has 2 aromatic carbocycles. The molecule has 0 spiro atoms. The van der Waals surface area contributed by atoms with E-state index in [4.69, 9.17) is 5.10 Å². The van der Waals surface area contributed by atoms with Gasteiger partial charge in [-0.15, -0.1) is 0 Å². The highest BCUT2D eigenvalue weighted by atomic mass is 16.3. The summed E-state index contributed by atoms with van der Waals surface area (Å²) < 4.78 is 1.70. The Balaban J connectivity index is 1.49. The summed E-state index contributed by atoms with van der Waals surface area (Å²) in [6.07, 6.45) is 7.15. The maximum absolute atomic E-state index is 13.9. The molecule has 5 rings (SSSR count). The van der Waals surface area contributed by atoms with E-state index >= 15 is 0 Å². The van der Waals surface area contributed by atoms with Crippen LogP contribution >= 0.6 is 0 Å². The molecule has 1 N–H and O–H groups in total. The third-order valence-electron chi connectivity index (χ3n) is 7.37. The van der Waals surface area contributed by atoms with Gasteiger partial charge in [0.1, 0.15) is 5.75 Å². The van der Waals surface area contributed by atoms with Crippen molar-refractivity contribution in [1.29, 1.82) is 0 Å². The van der Waals surface area contributed by atoms with E-state index in [0.717, 1.165) is 24.1 Å². The lowest BCUT2D eigenvalue weighted by molar-refractivity contribution is -0.137. The molecule has 0 radical (unpaired) electrons. The van der Waals surface area contributed by atoms with E-state index in [1.54, 1.807) is 41.2 Å². The van der Waals surface area contributed by atoms with Gasteiger partial charge in [0.2, 0.25) is 5.91 Å². The molecule has 1 fully saturated rings. The van der Waals surface area contributed by atoms with Crippen molar-refractivity contribution < 1.29 is 14.7 Å². The van der Waals surface area contributed by atoms with Gasteiger partial charge in [-0.1, -0.05) is 50.3 Å². The average Bonchev–Trinajstić information content (AvgIpc) is 3.36.